The van der Waals surface area contributed by atoms with Crippen LogP contribution in [0.4, 0.5) is 5.82 Å². The molecule has 0 radical (unpaired) electrons. The fourth-order valence-electron chi connectivity index (χ4n) is 2.91. The second-order valence-corrected chi connectivity index (χ2v) is 6.51. The summed E-state index contributed by atoms with van der Waals surface area (Å²) in [5.41, 5.74) is 2.09. The van der Waals surface area contributed by atoms with Crippen molar-refractivity contribution in [2.24, 2.45) is 0 Å². The Kier molecular flexibility index (Phi) is 3.42. The fraction of sp³-hybridized carbons (Fsp3) is 0.250. The molecule has 0 saturated heterocycles. The molecule has 0 aliphatic heterocycles. The largest absolute Gasteiger partial charge is 0.480 e. The maximum Gasteiger partial charge on any atom is 0.322 e. The van der Waals surface area contributed by atoms with Crippen LogP contribution >= 0.6 is 11.3 Å². The number of nitrogens with one attached hydrogen (secondary N) is 1. The third kappa shape index (κ3) is 2.53. The van der Waals surface area contributed by atoms with Gasteiger partial charge in [0.25, 0.3) is 0 Å². The average Bonchev–Trinajstić information content (AvgIpc) is 3.13. The number of thiophene rings is 1. The van der Waals surface area contributed by atoms with E-state index in [-0.39, 0.29) is 6.54 Å². The summed E-state index contributed by atoms with van der Waals surface area (Å²) in [5.74, 6) is 0.264. The topological polar surface area (TPSA) is 88.0 Å². The van der Waals surface area contributed by atoms with Crippen molar-refractivity contribution < 1.29 is 9.90 Å². The number of carbonyl (C=O) groups is 1. The molecular formula is C16H14N4O2S. The lowest BCUT2D eigenvalue weighted by Crippen LogP contribution is -2.14. The van der Waals surface area contributed by atoms with Gasteiger partial charge in [0.1, 0.15) is 17.2 Å². The molecule has 3 heterocycles. The Morgan fingerprint density at radius 1 is 1.35 bits per heavy atom. The summed E-state index contributed by atoms with van der Waals surface area (Å²) in [4.78, 5) is 26.5. The summed E-state index contributed by atoms with van der Waals surface area (Å²) in [5, 5.41) is 12.9. The molecule has 4 rings (SSSR count). The zero-order valence-corrected chi connectivity index (χ0v) is 13.1. The first-order chi connectivity index (χ1) is 11.2. The maximum absolute atomic E-state index is 10.9. The predicted octanol–water partition coefficient (Wildman–Crippen LogP) is 2.74. The number of aliphatic carboxylic acids is 1. The minimum atomic E-state index is -0.911. The molecule has 0 spiro atoms. The first kappa shape index (κ1) is 14.1. The lowest BCUT2D eigenvalue weighted by Gasteiger charge is -2.08. The van der Waals surface area contributed by atoms with E-state index in [4.69, 9.17) is 5.11 Å². The number of hydrogen-bond acceptors (Lipinski definition) is 6. The van der Waals surface area contributed by atoms with Crippen molar-refractivity contribution in [1.82, 2.24) is 15.0 Å². The van der Waals surface area contributed by atoms with Crippen molar-refractivity contribution >= 4 is 33.3 Å². The Bertz CT molecular complexity index is 892. The van der Waals surface area contributed by atoms with Crippen LogP contribution in [-0.2, 0) is 17.6 Å². The highest BCUT2D eigenvalue weighted by molar-refractivity contribution is 7.19. The number of pyridine rings is 1. The molecule has 0 aromatic carbocycles. The summed E-state index contributed by atoms with van der Waals surface area (Å²) in [6.07, 6.45) is 6.62. The molecule has 2 N–H and O–H groups in total. The van der Waals surface area contributed by atoms with Crippen LogP contribution < -0.4 is 5.32 Å². The molecule has 3 aromatic heterocycles. The van der Waals surface area contributed by atoms with Crippen LogP contribution in [0.15, 0.2) is 24.5 Å². The van der Waals surface area contributed by atoms with Crippen LogP contribution in [0, 0.1) is 0 Å². The van der Waals surface area contributed by atoms with Gasteiger partial charge in [-0.3, -0.25) is 9.78 Å². The van der Waals surface area contributed by atoms with Gasteiger partial charge in [-0.1, -0.05) is 0 Å². The number of aromatic nitrogens is 3. The number of carboxylic acid groups (broad SMARTS) is 1. The van der Waals surface area contributed by atoms with Crippen molar-refractivity contribution in [2.45, 2.75) is 19.3 Å². The Hall–Kier alpha value is -2.54. The number of anilines is 1. The highest BCUT2D eigenvalue weighted by atomic mass is 32.1. The average molecular weight is 326 g/mol. The van der Waals surface area contributed by atoms with E-state index in [1.54, 1.807) is 23.7 Å². The van der Waals surface area contributed by atoms with Gasteiger partial charge in [0.05, 0.1) is 5.39 Å². The van der Waals surface area contributed by atoms with Gasteiger partial charge in [0, 0.05) is 22.8 Å². The normalized spacial score (nSPS) is 13.2. The minimum absolute atomic E-state index is 0.163. The van der Waals surface area contributed by atoms with Crippen LogP contribution in [0.25, 0.3) is 21.6 Å². The van der Waals surface area contributed by atoms with Crippen molar-refractivity contribution in [3.05, 3.63) is 35.0 Å². The van der Waals surface area contributed by atoms with Crippen molar-refractivity contribution in [1.29, 1.82) is 0 Å². The molecule has 7 heteroatoms. The second kappa shape index (κ2) is 5.58. The zero-order valence-electron chi connectivity index (χ0n) is 12.2. The predicted molar refractivity (Wildman–Crippen MR) is 88.8 cm³/mol. The summed E-state index contributed by atoms with van der Waals surface area (Å²) < 4.78 is 0. The van der Waals surface area contributed by atoms with Gasteiger partial charge in [0.15, 0.2) is 5.82 Å². The molecule has 116 valence electrons. The van der Waals surface area contributed by atoms with Gasteiger partial charge in [-0.2, -0.15) is 0 Å². The Labute approximate surface area is 136 Å². The molecule has 0 unspecified atom stereocenters. The van der Waals surface area contributed by atoms with Gasteiger partial charge >= 0.3 is 5.97 Å². The number of fused-ring (bicyclic) bond motifs is 3. The van der Waals surface area contributed by atoms with E-state index in [2.05, 4.69) is 20.3 Å². The smallest absolute Gasteiger partial charge is 0.322 e. The van der Waals surface area contributed by atoms with E-state index in [0.717, 1.165) is 35.0 Å². The monoisotopic (exact) mass is 326 g/mol. The van der Waals surface area contributed by atoms with Gasteiger partial charge in [-0.15, -0.1) is 11.3 Å². The van der Waals surface area contributed by atoms with E-state index in [9.17, 15) is 4.79 Å². The van der Waals surface area contributed by atoms with E-state index in [1.165, 1.54) is 10.4 Å². The van der Waals surface area contributed by atoms with Gasteiger partial charge < -0.3 is 10.4 Å². The van der Waals surface area contributed by atoms with Gasteiger partial charge in [-0.25, -0.2) is 9.97 Å². The van der Waals surface area contributed by atoms with Gasteiger partial charge in [0.2, 0.25) is 0 Å². The minimum Gasteiger partial charge on any atom is -0.480 e. The van der Waals surface area contributed by atoms with Crippen LogP contribution in [0.3, 0.4) is 0 Å². The SMILES string of the molecule is O=C(O)CNc1nc(-c2cccnc2)nc2sc3c(c12)CCC3. The molecular weight excluding hydrogens is 312 g/mol. The molecule has 1 aliphatic carbocycles. The van der Waals surface area contributed by atoms with Crippen molar-refractivity contribution in [3.8, 4) is 11.4 Å². The van der Waals surface area contributed by atoms with Crippen LogP contribution in [0.5, 0.6) is 0 Å². The number of carboxylic acids is 1. The van der Waals surface area contributed by atoms with Crippen LogP contribution in [-0.4, -0.2) is 32.6 Å². The zero-order chi connectivity index (χ0) is 15.8. The Morgan fingerprint density at radius 3 is 3.04 bits per heavy atom. The Morgan fingerprint density at radius 2 is 2.26 bits per heavy atom. The van der Waals surface area contributed by atoms with Crippen LogP contribution in [0.1, 0.15) is 16.9 Å². The third-order valence-electron chi connectivity index (χ3n) is 3.89. The molecule has 0 bridgehead atoms. The number of rotatable bonds is 4. The van der Waals surface area contributed by atoms with E-state index < -0.39 is 5.97 Å². The second-order valence-electron chi connectivity index (χ2n) is 5.42. The lowest BCUT2D eigenvalue weighted by atomic mass is 10.2. The maximum atomic E-state index is 10.9. The first-order valence-corrected chi connectivity index (χ1v) is 8.22. The van der Waals surface area contributed by atoms with E-state index in [0.29, 0.717) is 11.6 Å². The molecule has 23 heavy (non-hydrogen) atoms. The molecule has 0 atom stereocenters. The number of nitrogens with zero attached hydrogens (tertiary/aromatic N) is 3. The molecule has 0 amide bonds. The fourth-order valence-corrected chi connectivity index (χ4v) is 4.17. The van der Waals surface area contributed by atoms with Gasteiger partial charge in [-0.05, 0) is 37.0 Å². The highest BCUT2D eigenvalue weighted by Crippen LogP contribution is 2.40. The standard InChI is InChI=1S/C16H14N4O2S/c21-12(22)8-18-15-13-10-4-1-5-11(10)23-16(13)20-14(19-15)9-3-2-6-17-7-9/h2-3,6-7H,1,4-5,8H2,(H,21,22)(H,18,19,20). The summed E-state index contributed by atoms with van der Waals surface area (Å²) in [6.45, 7) is -0.163. The number of aryl methyl sites for hydroxylation is 2. The quantitative estimate of drug-likeness (QED) is 0.766. The van der Waals surface area contributed by atoms with Crippen molar-refractivity contribution in [2.75, 3.05) is 11.9 Å². The van der Waals surface area contributed by atoms with Crippen LogP contribution in [0.2, 0.25) is 0 Å². The number of hydrogen-bond donors (Lipinski definition) is 2. The Balaban J connectivity index is 1.89. The van der Waals surface area contributed by atoms with E-state index >= 15 is 0 Å². The molecule has 3 aromatic rings. The third-order valence-corrected chi connectivity index (χ3v) is 5.08. The summed E-state index contributed by atoms with van der Waals surface area (Å²) in [7, 11) is 0. The molecule has 1 aliphatic rings. The molecule has 0 fully saturated rings. The summed E-state index contributed by atoms with van der Waals surface area (Å²) >= 11 is 1.68. The molecule has 6 nitrogen and oxygen atoms in total. The summed E-state index contributed by atoms with van der Waals surface area (Å²) in [6, 6.07) is 3.73. The highest BCUT2D eigenvalue weighted by Gasteiger charge is 2.22. The van der Waals surface area contributed by atoms with E-state index in [1.807, 2.05) is 12.1 Å². The molecule has 0 saturated carbocycles. The first-order valence-electron chi connectivity index (χ1n) is 7.41. The lowest BCUT2D eigenvalue weighted by molar-refractivity contribution is -0.134. The van der Waals surface area contributed by atoms with Crippen molar-refractivity contribution in [3.63, 3.8) is 0 Å².